The molecule has 3 heteroatoms. The molecule has 2 aromatic rings. The van der Waals surface area contributed by atoms with Crippen molar-refractivity contribution >= 4 is 11.0 Å². The average Bonchev–Trinajstić information content (AvgIpc) is 2.70. The van der Waals surface area contributed by atoms with Gasteiger partial charge in [-0.05, 0) is 31.4 Å². The van der Waals surface area contributed by atoms with Crippen LogP contribution >= 0.6 is 0 Å². The first-order chi connectivity index (χ1) is 8.62. The molecule has 0 aliphatic heterocycles. The predicted octanol–water partition coefficient (Wildman–Crippen LogP) is 3.00. The van der Waals surface area contributed by atoms with Crippen LogP contribution < -0.4 is 5.73 Å². The number of imidazole rings is 1. The van der Waals surface area contributed by atoms with Crippen LogP contribution in [-0.4, -0.2) is 9.55 Å². The minimum absolute atomic E-state index is 0.224. The monoisotopic (exact) mass is 243 g/mol. The summed E-state index contributed by atoms with van der Waals surface area (Å²) < 4.78 is 2.20. The zero-order valence-corrected chi connectivity index (χ0v) is 11.2. The van der Waals surface area contributed by atoms with E-state index >= 15 is 0 Å². The van der Waals surface area contributed by atoms with Crippen molar-refractivity contribution in [1.82, 2.24) is 9.55 Å². The minimum Gasteiger partial charge on any atom is -0.329 e. The molecule has 3 nitrogen and oxygen atoms in total. The minimum atomic E-state index is -0.224. The second-order valence-corrected chi connectivity index (χ2v) is 5.65. The summed E-state index contributed by atoms with van der Waals surface area (Å²) in [6.07, 6.45) is 5.87. The molecule has 3 rings (SSSR count). The van der Waals surface area contributed by atoms with E-state index in [1.165, 1.54) is 30.3 Å². The van der Waals surface area contributed by atoms with Crippen LogP contribution in [0, 0.1) is 6.92 Å². The molecule has 0 spiro atoms. The van der Waals surface area contributed by atoms with Gasteiger partial charge in [-0.3, -0.25) is 0 Å². The van der Waals surface area contributed by atoms with E-state index in [9.17, 15) is 0 Å². The number of nitrogens with zero attached hydrogens (tertiary/aromatic N) is 2. The van der Waals surface area contributed by atoms with Gasteiger partial charge >= 0.3 is 0 Å². The molecule has 0 bridgehead atoms. The third kappa shape index (κ3) is 1.65. The van der Waals surface area contributed by atoms with E-state index in [1.54, 1.807) is 0 Å². The fourth-order valence-corrected chi connectivity index (χ4v) is 3.32. The number of hydrogen-bond donors (Lipinski definition) is 1. The van der Waals surface area contributed by atoms with Crippen LogP contribution in [0.3, 0.4) is 0 Å². The van der Waals surface area contributed by atoms with Crippen LogP contribution in [0.15, 0.2) is 18.2 Å². The van der Waals surface area contributed by atoms with E-state index in [2.05, 4.69) is 36.7 Å². The fourth-order valence-electron chi connectivity index (χ4n) is 3.32. The first kappa shape index (κ1) is 11.7. The molecule has 0 amide bonds. The number of hydrogen-bond acceptors (Lipinski definition) is 2. The smallest absolute Gasteiger partial charge is 0.129 e. The van der Waals surface area contributed by atoms with Gasteiger partial charge in [0.15, 0.2) is 0 Å². The van der Waals surface area contributed by atoms with Crippen molar-refractivity contribution in [3.05, 3.63) is 29.6 Å². The summed E-state index contributed by atoms with van der Waals surface area (Å²) in [7, 11) is 2.10. The molecule has 1 aliphatic rings. The average molecular weight is 243 g/mol. The van der Waals surface area contributed by atoms with Gasteiger partial charge in [-0.1, -0.05) is 31.4 Å². The molecule has 96 valence electrons. The third-order valence-electron chi connectivity index (χ3n) is 4.29. The quantitative estimate of drug-likeness (QED) is 0.836. The van der Waals surface area contributed by atoms with Gasteiger partial charge in [0.05, 0.1) is 16.6 Å². The standard InChI is InChI=1S/C15H21N3/c1-11-7-6-8-12-13(11)18(2)14(17-12)15(16)9-4-3-5-10-15/h6-8H,3-5,9-10,16H2,1-2H3. The van der Waals surface area contributed by atoms with Crippen LogP contribution in [0.5, 0.6) is 0 Å². The van der Waals surface area contributed by atoms with Crippen molar-refractivity contribution in [2.45, 2.75) is 44.6 Å². The van der Waals surface area contributed by atoms with Gasteiger partial charge in [-0.2, -0.15) is 0 Å². The Kier molecular flexibility index (Phi) is 2.67. The SMILES string of the molecule is Cc1cccc2nc(C3(N)CCCCC3)n(C)c12. The molecule has 0 saturated heterocycles. The number of para-hydroxylation sites is 1. The van der Waals surface area contributed by atoms with Crippen molar-refractivity contribution in [1.29, 1.82) is 0 Å². The zero-order chi connectivity index (χ0) is 12.8. The molecule has 2 N–H and O–H groups in total. The fraction of sp³-hybridized carbons (Fsp3) is 0.533. The maximum Gasteiger partial charge on any atom is 0.129 e. The summed E-state index contributed by atoms with van der Waals surface area (Å²) in [5.74, 6) is 1.06. The molecule has 0 atom stereocenters. The van der Waals surface area contributed by atoms with Gasteiger partial charge in [0.2, 0.25) is 0 Å². The number of nitrogens with two attached hydrogens (primary N) is 1. The Bertz CT molecular complexity index is 577. The van der Waals surface area contributed by atoms with Gasteiger partial charge in [-0.15, -0.1) is 0 Å². The number of aryl methyl sites for hydroxylation is 2. The van der Waals surface area contributed by atoms with Gasteiger partial charge < -0.3 is 10.3 Å². The lowest BCUT2D eigenvalue weighted by Gasteiger charge is -2.32. The second-order valence-electron chi connectivity index (χ2n) is 5.65. The molecule has 1 fully saturated rings. The Hall–Kier alpha value is -1.35. The highest BCUT2D eigenvalue weighted by Gasteiger charge is 2.34. The van der Waals surface area contributed by atoms with Crippen LogP contribution in [0.25, 0.3) is 11.0 Å². The molecule has 1 heterocycles. The highest BCUT2D eigenvalue weighted by molar-refractivity contribution is 5.79. The molecule has 1 saturated carbocycles. The molecule has 18 heavy (non-hydrogen) atoms. The summed E-state index contributed by atoms with van der Waals surface area (Å²) >= 11 is 0. The maximum atomic E-state index is 6.61. The summed E-state index contributed by atoms with van der Waals surface area (Å²) in [5, 5.41) is 0. The molecular formula is C15H21N3. The van der Waals surface area contributed by atoms with Gasteiger partial charge in [0, 0.05) is 7.05 Å². The maximum absolute atomic E-state index is 6.61. The van der Waals surface area contributed by atoms with Crippen LogP contribution in [0.4, 0.5) is 0 Å². The van der Waals surface area contributed by atoms with E-state index in [-0.39, 0.29) is 5.54 Å². The number of fused-ring (bicyclic) bond motifs is 1. The molecule has 0 unspecified atom stereocenters. The third-order valence-corrected chi connectivity index (χ3v) is 4.29. The lowest BCUT2D eigenvalue weighted by Crippen LogP contribution is -2.41. The summed E-state index contributed by atoms with van der Waals surface area (Å²) in [6.45, 7) is 2.14. The lowest BCUT2D eigenvalue weighted by molar-refractivity contribution is 0.282. The molecular weight excluding hydrogens is 222 g/mol. The van der Waals surface area contributed by atoms with Crippen molar-refractivity contribution in [2.24, 2.45) is 12.8 Å². The Balaban J connectivity index is 2.18. The normalized spacial score (nSPS) is 19.3. The highest BCUT2D eigenvalue weighted by Crippen LogP contribution is 2.35. The van der Waals surface area contributed by atoms with Crippen LogP contribution in [-0.2, 0) is 12.6 Å². The second kappa shape index (κ2) is 4.09. The molecule has 1 aliphatic carbocycles. The highest BCUT2D eigenvalue weighted by atomic mass is 15.1. The first-order valence-corrected chi connectivity index (χ1v) is 6.83. The number of aromatic nitrogens is 2. The van der Waals surface area contributed by atoms with Gasteiger partial charge in [0.25, 0.3) is 0 Å². The van der Waals surface area contributed by atoms with Gasteiger partial charge in [-0.25, -0.2) is 4.98 Å². The van der Waals surface area contributed by atoms with Crippen LogP contribution in [0.1, 0.15) is 43.5 Å². The van der Waals surface area contributed by atoms with Crippen LogP contribution in [0.2, 0.25) is 0 Å². The number of benzene rings is 1. The summed E-state index contributed by atoms with van der Waals surface area (Å²) in [4.78, 5) is 4.81. The summed E-state index contributed by atoms with van der Waals surface area (Å²) in [6, 6.07) is 6.29. The van der Waals surface area contributed by atoms with Crippen molar-refractivity contribution < 1.29 is 0 Å². The molecule has 1 aromatic heterocycles. The molecule has 1 aromatic carbocycles. The number of rotatable bonds is 1. The zero-order valence-electron chi connectivity index (χ0n) is 11.2. The lowest BCUT2D eigenvalue weighted by atomic mass is 9.82. The summed E-state index contributed by atoms with van der Waals surface area (Å²) in [5.41, 5.74) is 9.96. The Morgan fingerprint density at radius 3 is 2.61 bits per heavy atom. The largest absolute Gasteiger partial charge is 0.329 e. The van der Waals surface area contributed by atoms with E-state index in [0.717, 1.165) is 24.2 Å². The van der Waals surface area contributed by atoms with E-state index in [0.29, 0.717) is 0 Å². The topological polar surface area (TPSA) is 43.8 Å². The van der Waals surface area contributed by atoms with Crippen molar-refractivity contribution in [2.75, 3.05) is 0 Å². The van der Waals surface area contributed by atoms with Gasteiger partial charge in [0.1, 0.15) is 5.82 Å². The van der Waals surface area contributed by atoms with E-state index in [1.807, 2.05) is 0 Å². The first-order valence-electron chi connectivity index (χ1n) is 6.83. The Morgan fingerprint density at radius 2 is 1.94 bits per heavy atom. The van der Waals surface area contributed by atoms with E-state index in [4.69, 9.17) is 10.7 Å². The Morgan fingerprint density at radius 1 is 1.22 bits per heavy atom. The Labute approximate surface area is 108 Å². The predicted molar refractivity (Wildman–Crippen MR) is 74.4 cm³/mol. The molecule has 0 radical (unpaired) electrons. The van der Waals surface area contributed by atoms with Crippen molar-refractivity contribution in [3.8, 4) is 0 Å². The van der Waals surface area contributed by atoms with E-state index < -0.39 is 0 Å². The van der Waals surface area contributed by atoms with Crippen molar-refractivity contribution in [3.63, 3.8) is 0 Å².